The molecule has 0 spiro atoms. The number of nitrogens with zero attached hydrogens (tertiary/aromatic N) is 1. The van der Waals surface area contributed by atoms with Gasteiger partial charge >= 0.3 is 0 Å². The number of benzene rings is 1. The van der Waals surface area contributed by atoms with Gasteiger partial charge in [-0.25, -0.2) is 0 Å². The molecule has 3 rings (SSSR count). The molecule has 1 fully saturated rings. The zero-order chi connectivity index (χ0) is 11.9. The van der Waals surface area contributed by atoms with Crippen LogP contribution in [0.25, 0.3) is 0 Å². The number of nitrogen functional groups attached to an aromatic ring is 1. The van der Waals surface area contributed by atoms with Gasteiger partial charge in [-0.15, -0.1) is 0 Å². The zero-order valence-corrected chi connectivity index (χ0v) is 10.2. The first-order valence-electron chi connectivity index (χ1n) is 6.53. The average Bonchev–Trinajstić information content (AvgIpc) is 2.88. The first-order chi connectivity index (χ1) is 8.18. The van der Waals surface area contributed by atoms with Crippen molar-refractivity contribution in [2.45, 2.75) is 37.7 Å². The summed E-state index contributed by atoms with van der Waals surface area (Å²) in [6, 6.07) is 6.11. The molecule has 0 unspecified atom stereocenters. The van der Waals surface area contributed by atoms with E-state index in [1.54, 1.807) is 0 Å². The van der Waals surface area contributed by atoms with Gasteiger partial charge in [0.05, 0.1) is 17.0 Å². The van der Waals surface area contributed by atoms with Crippen LogP contribution in [0.5, 0.6) is 0 Å². The lowest BCUT2D eigenvalue weighted by atomic mass is 10.0. The van der Waals surface area contributed by atoms with Crippen LogP contribution in [0.2, 0.25) is 0 Å². The van der Waals surface area contributed by atoms with Crippen molar-refractivity contribution in [2.24, 2.45) is 0 Å². The topological polar surface area (TPSA) is 49.5 Å². The van der Waals surface area contributed by atoms with Crippen molar-refractivity contribution in [2.75, 3.05) is 23.7 Å². The maximum absolute atomic E-state index is 10.5. The van der Waals surface area contributed by atoms with Gasteiger partial charge in [0.25, 0.3) is 0 Å². The van der Waals surface area contributed by atoms with Crippen LogP contribution in [0, 0.1) is 0 Å². The third-order valence-electron chi connectivity index (χ3n) is 4.14. The Balaban J connectivity index is 1.84. The predicted octanol–water partition coefficient (Wildman–Crippen LogP) is 1.94. The molecule has 0 atom stereocenters. The Bertz CT molecular complexity index is 424. The molecule has 0 amide bonds. The first kappa shape index (κ1) is 10.9. The molecule has 1 aromatic carbocycles. The van der Waals surface area contributed by atoms with Crippen LogP contribution in [0.3, 0.4) is 0 Å². The molecule has 3 nitrogen and oxygen atoms in total. The Kier molecular flexibility index (Phi) is 2.51. The van der Waals surface area contributed by atoms with E-state index in [1.807, 2.05) is 12.1 Å². The Morgan fingerprint density at radius 2 is 2.06 bits per heavy atom. The van der Waals surface area contributed by atoms with E-state index in [0.29, 0.717) is 0 Å². The van der Waals surface area contributed by atoms with Crippen LogP contribution in [-0.4, -0.2) is 23.8 Å². The molecule has 0 saturated heterocycles. The van der Waals surface area contributed by atoms with Crippen molar-refractivity contribution in [1.29, 1.82) is 0 Å². The fourth-order valence-electron chi connectivity index (χ4n) is 3.27. The van der Waals surface area contributed by atoms with Crippen LogP contribution in [0.15, 0.2) is 18.2 Å². The Hall–Kier alpha value is -1.22. The van der Waals surface area contributed by atoms with Gasteiger partial charge in [0, 0.05) is 13.1 Å². The maximum Gasteiger partial charge on any atom is 0.0821 e. The first-order valence-corrected chi connectivity index (χ1v) is 6.53. The summed E-state index contributed by atoms with van der Waals surface area (Å²) in [7, 11) is 0. The molecule has 2 aliphatic rings. The Morgan fingerprint density at radius 1 is 1.29 bits per heavy atom. The largest absolute Gasteiger partial charge is 0.397 e. The third-order valence-corrected chi connectivity index (χ3v) is 4.14. The highest BCUT2D eigenvalue weighted by molar-refractivity contribution is 5.74. The minimum Gasteiger partial charge on any atom is -0.397 e. The second kappa shape index (κ2) is 3.91. The van der Waals surface area contributed by atoms with Crippen molar-refractivity contribution >= 4 is 11.4 Å². The van der Waals surface area contributed by atoms with Gasteiger partial charge in [-0.1, -0.05) is 25.0 Å². The summed E-state index contributed by atoms with van der Waals surface area (Å²) in [5, 5.41) is 10.5. The number of rotatable bonds is 2. The predicted molar refractivity (Wildman–Crippen MR) is 70.2 cm³/mol. The van der Waals surface area contributed by atoms with Crippen molar-refractivity contribution in [3.05, 3.63) is 23.8 Å². The van der Waals surface area contributed by atoms with E-state index < -0.39 is 5.60 Å². The number of nitrogens with two attached hydrogens (primary N) is 1. The van der Waals surface area contributed by atoms with Crippen molar-refractivity contribution < 1.29 is 5.11 Å². The van der Waals surface area contributed by atoms with Gasteiger partial charge in [0.15, 0.2) is 0 Å². The second-order valence-electron chi connectivity index (χ2n) is 5.46. The SMILES string of the molecule is Nc1cccc2c1N(CC1(O)CCCC1)CC2. The summed E-state index contributed by atoms with van der Waals surface area (Å²) >= 11 is 0. The Labute approximate surface area is 102 Å². The standard InChI is InChI=1S/C14H20N2O/c15-12-5-3-4-11-6-9-16(13(11)12)10-14(17)7-1-2-8-14/h3-5,17H,1-2,6-10,15H2. The monoisotopic (exact) mass is 232 g/mol. The number of aliphatic hydroxyl groups is 1. The number of β-amino-alcohol motifs (C(OH)–C–C–N with tert-alkyl or cyclic N) is 1. The molecule has 92 valence electrons. The van der Waals surface area contributed by atoms with Crippen molar-refractivity contribution in [3.8, 4) is 0 Å². The lowest BCUT2D eigenvalue weighted by Gasteiger charge is -2.30. The van der Waals surface area contributed by atoms with E-state index in [1.165, 1.54) is 5.56 Å². The van der Waals surface area contributed by atoms with Gasteiger partial charge in [-0.05, 0) is 30.9 Å². The lowest BCUT2D eigenvalue weighted by molar-refractivity contribution is 0.0552. The molecule has 17 heavy (non-hydrogen) atoms. The highest BCUT2D eigenvalue weighted by atomic mass is 16.3. The molecule has 1 saturated carbocycles. The van der Waals surface area contributed by atoms with Gasteiger partial charge < -0.3 is 15.7 Å². The molecule has 0 radical (unpaired) electrons. The average molecular weight is 232 g/mol. The molecule has 1 aromatic rings. The molecule has 1 aliphatic carbocycles. The molecule has 3 heteroatoms. The fourth-order valence-corrected chi connectivity index (χ4v) is 3.27. The van der Waals surface area contributed by atoms with Crippen LogP contribution in [0.4, 0.5) is 11.4 Å². The lowest BCUT2D eigenvalue weighted by Crippen LogP contribution is -2.40. The van der Waals surface area contributed by atoms with Gasteiger partial charge in [-0.3, -0.25) is 0 Å². The summed E-state index contributed by atoms with van der Waals surface area (Å²) < 4.78 is 0. The minimum atomic E-state index is -0.482. The van der Waals surface area contributed by atoms with Gasteiger partial charge in [0.2, 0.25) is 0 Å². The van der Waals surface area contributed by atoms with E-state index >= 15 is 0 Å². The van der Waals surface area contributed by atoms with Gasteiger partial charge in [-0.2, -0.15) is 0 Å². The van der Waals surface area contributed by atoms with E-state index in [2.05, 4.69) is 11.0 Å². The smallest absolute Gasteiger partial charge is 0.0821 e. The van der Waals surface area contributed by atoms with Gasteiger partial charge in [0.1, 0.15) is 0 Å². The van der Waals surface area contributed by atoms with E-state index in [0.717, 1.165) is 56.6 Å². The number of hydrogen-bond acceptors (Lipinski definition) is 3. The van der Waals surface area contributed by atoms with Crippen molar-refractivity contribution in [1.82, 2.24) is 0 Å². The van der Waals surface area contributed by atoms with Crippen LogP contribution in [0.1, 0.15) is 31.2 Å². The molecule has 1 heterocycles. The highest BCUT2D eigenvalue weighted by Gasteiger charge is 2.35. The fraction of sp³-hybridized carbons (Fsp3) is 0.571. The highest BCUT2D eigenvalue weighted by Crippen LogP contribution is 2.37. The minimum absolute atomic E-state index is 0.482. The summed E-state index contributed by atoms with van der Waals surface area (Å²) in [5.41, 5.74) is 8.91. The van der Waals surface area contributed by atoms with E-state index in [9.17, 15) is 5.11 Å². The number of hydrogen-bond donors (Lipinski definition) is 2. The van der Waals surface area contributed by atoms with Crippen LogP contribution >= 0.6 is 0 Å². The van der Waals surface area contributed by atoms with Crippen molar-refractivity contribution in [3.63, 3.8) is 0 Å². The van der Waals surface area contributed by atoms with Crippen LogP contribution < -0.4 is 10.6 Å². The number of fused-ring (bicyclic) bond motifs is 1. The number of para-hydroxylation sites is 1. The molecular formula is C14H20N2O. The summed E-state index contributed by atoms with van der Waals surface area (Å²) in [6.07, 6.45) is 5.23. The molecule has 0 aromatic heterocycles. The van der Waals surface area contributed by atoms with E-state index in [-0.39, 0.29) is 0 Å². The van der Waals surface area contributed by atoms with E-state index in [4.69, 9.17) is 5.73 Å². The molecular weight excluding hydrogens is 212 g/mol. The molecule has 0 bridgehead atoms. The maximum atomic E-state index is 10.5. The number of anilines is 2. The molecule has 3 N–H and O–H groups in total. The quantitative estimate of drug-likeness (QED) is 0.766. The normalized spacial score (nSPS) is 21.8. The third kappa shape index (κ3) is 1.89. The second-order valence-corrected chi connectivity index (χ2v) is 5.46. The zero-order valence-electron chi connectivity index (χ0n) is 10.2. The summed E-state index contributed by atoms with van der Waals surface area (Å²) in [6.45, 7) is 1.74. The summed E-state index contributed by atoms with van der Waals surface area (Å²) in [5.74, 6) is 0. The summed E-state index contributed by atoms with van der Waals surface area (Å²) in [4.78, 5) is 2.27. The van der Waals surface area contributed by atoms with Crippen LogP contribution in [-0.2, 0) is 6.42 Å². The Morgan fingerprint density at radius 3 is 2.82 bits per heavy atom. The molecule has 1 aliphatic heterocycles.